The average molecular weight is 301 g/mol. The van der Waals surface area contributed by atoms with Crippen LogP contribution in [0.3, 0.4) is 0 Å². The first-order valence-corrected chi connectivity index (χ1v) is 7.41. The molecule has 1 N–H and O–H groups in total. The first-order chi connectivity index (χ1) is 10.7. The second-order valence-electron chi connectivity index (χ2n) is 5.43. The molecule has 2 aromatic heterocycles. The molecule has 3 rings (SSSR count). The summed E-state index contributed by atoms with van der Waals surface area (Å²) in [4.78, 5) is 22.7. The second kappa shape index (κ2) is 6.13. The minimum Gasteiger partial charge on any atom is -0.356 e. The predicted octanol–water partition coefficient (Wildman–Crippen LogP) is 1.52. The van der Waals surface area contributed by atoms with E-state index in [1.165, 1.54) is 0 Å². The Kier molecular flexibility index (Phi) is 4.04. The van der Waals surface area contributed by atoms with Gasteiger partial charge in [0.15, 0.2) is 5.82 Å². The van der Waals surface area contributed by atoms with E-state index in [-0.39, 0.29) is 11.8 Å². The Morgan fingerprint density at radius 2 is 2.27 bits per heavy atom. The molecule has 0 saturated carbocycles. The monoisotopic (exact) mass is 301 g/mol. The summed E-state index contributed by atoms with van der Waals surface area (Å²) in [5, 5.41) is 6.46. The molecule has 1 fully saturated rings. The number of amides is 1. The number of carbonyl (C=O) groups is 1. The number of pyridine rings is 1. The quantitative estimate of drug-likeness (QED) is 0.925. The molecular weight excluding hydrogens is 282 g/mol. The lowest BCUT2D eigenvalue weighted by Crippen LogP contribution is -2.35. The number of hydrogen-bond donors (Lipinski definition) is 1. The molecule has 0 unspecified atom stereocenters. The molecule has 2 aromatic rings. The Morgan fingerprint density at radius 3 is 3.00 bits per heavy atom. The van der Waals surface area contributed by atoms with Crippen LogP contribution >= 0.6 is 0 Å². The fraction of sp³-hybridized carbons (Fsp3) is 0.467. The van der Waals surface area contributed by atoms with Crippen molar-refractivity contribution in [3.05, 3.63) is 35.6 Å². The Hall–Kier alpha value is -2.44. The van der Waals surface area contributed by atoms with Crippen LogP contribution in [0.1, 0.15) is 41.0 Å². The first-order valence-electron chi connectivity index (χ1n) is 7.41. The normalized spacial score (nSPS) is 18.3. The molecule has 1 aliphatic rings. The molecule has 0 aromatic carbocycles. The fourth-order valence-corrected chi connectivity index (χ4v) is 2.72. The average Bonchev–Trinajstić information content (AvgIpc) is 3.01. The van der Waals surface area contributed by atoms with Gasteiger partial charge in [0, 0.05) is 20.1 Å². The number of piperidine rings is 1. The zero-order chi connectivity index (χ0) is 15.5. The Bertz CT molecular complexity index is 669. The highest BCUT2D eigenvalue weighted by atomic mass is 16.5. The number of carbonyl (C=O) groups excluding carboxylic acids is 1. The number of aromatic nitrogens is 3. The van der Waals surface area contributed by atoms with Gasteiger partial charge in [0.25, 0.3) is 5.91 Å². The van der Waals surface area contributed by atoms with Crippen LogP contribution in [0, 0.1) is 6.92 Å². The topological polar surface area (TPSA) is 84.2 Å². The molecule has 3 heterocycles. The van der Waals surface area contributed by atoms with Gasteiger partial charge < -0.3 is 14.7 Å². The smallest absolute Gasteiger partial charge is 0.269 e. The lowest BCUT2D eigenvalue weighted by atomic mass is 9.98. The maximum Gasteiger partial charge on any atom is 0.269 e. The van der Waals surface area contributed by atoms with E-state index < -0.39 is 0 Å². The molecule has 7 heteroatoms. The maximum absolute atomic E-state index is 11.7. The highest BCUT2D eigenvalue weighted by molar-refractivity contribution is 5.92. The minimum atomic E-state index is -0.178. The third-order valence-corrected chi connectivity index (χ3v) is 3.83. The van der Waals surface area contributed by atoms with Gasteiger partial charge in [0.1, 0.15) is 11.5 Å². The van der Waals surface area contributed by atoms with Crippen molar-refractivity contribution >= 4 is 11.7 Å². The fourth-order valence-electron chi connectivity index (χ4n) is 2.72. The maximum atomic E-state index is 11.7. The van der Waals surface area contributed by atoms with Gasteiger partial charge in [-0.25, -0.2) is 4.98 Å². The molecule has 116 valence electrons. The van der Waals surface area contributed by atoms with E-state index >= 15 is 0 Å². The third-order valence-electron chi connectivity index (χ3n) is 3.83. The Balaban J connectivity index is 1.78. The Labute approximate surface area is 128 Å². The van der Waals surface area contributed by atoms with Crippen molar-refractivity contribution in [3.63, 3.8) is 0 Å². The molecule has 22 heavy (non-hydrogen) atoms. The van der Waals surface area contributed by atoms with Crippen molar-refractivity contribution in [2.75, 3.05) is 25.0 Å². The van der Waals surface area contributed by atoms with Crippen molar-refractivity contribution in [2.45, 2.75) is 25.7 Å². The van der Waals surface area contributed by atoms with Gasteiger partial charge in [-0.05, 0) is 31.9 Å². The van der Waals surface area contributed by atoms with Crippen LogP contribution in [0.5, 0.6) is 0 Å². The van der Waals surface area contributed by atoms with Crippen LogP contribution in [0.15, 0.2) is 22.7 Å². The van der Waals surface area contributed by atoms with E-state index in [0.717, 1.165) is 31.7 Å². The lowest BCUT2D eigenvalue weighted by Gasteiger charge is -2.32. The zero-order valence-electron chi connectivity index (χ0n) is 12.7. The van der Waals surface area contributed by atoms with Crippen LogP contribution in [-0.2, 0) is 0 Å². The molecule has 0 spiro atoms. The summed E-state index contributed by atoms with van der Waals surface area (Å²) in [6.07, 6.45) is 2.05. The van der Waals surface area contributed by atoms with E-state index in [9.17, 15) is 4.79 Å². The van der Waals surface area contributed by atoms with E-state index in [1.54, 1.807) is 13.1 Å². The highest BCUT2D eigenvalue weighted by Crippen LogP contribution is 2.28. The number of anilines is 1. The Morgan fingerprint density at radius 1 is 1.41 bits per heavy atom. The van der Waals surface area contributed by atoms with Gasteiger partial charge in [-0.1, -0.05) is 11.2 Å². The SMILES string of the molecule is CNC(=O)c1cccc(N2CCC[C@H](c3nc(C)no3)C2)n1. The van der Waals surface area contributed by atoms with Crippen LogP contribution in [0.2, 0.25) is 0 Å². The number of rotatable bonds is 3. The minimum absolute atomic E-state index is 0.178. The van der Waals surface area contributed by atoms with E-state index in [2.05, 4.69) is 25.3 Å². The molecule has 1 aliphatic heterocycles. The molecule has 1 amide bonds. The summed E-state index contributed by atoms with van der Waals surface area (Å²) in [5.74, 6) is 2.18. The van der Waals surface area contributed by atoms with Crippen molar-refractivity contribution < 1.29 is 9.32 Å². The van der Waals surface area contributed by atoms with Crippen LogP contribution in [0.25, 0.3) is 0 Å². The van der Waals surface area contributed by atoms with Crippen LogP contribution < -0.4 is 10.2 Å². The number of aryl methyl sites for hydroxylation is 1. The summed E-state index contributed by atoms with van der Waals surface area (Å²) in [6, 6.07) is 5.49. The van der Waals surface area contributed by atoms with Gasteiger partial charge in [0.2, 0.25) is 5.89 Å². The van der Waals surface area contributed by atoms with Gasteiger partial charge in [0.05, 0.1) is 5.92 Å². The molecule has 1 atom stereocenters. The van der Waals surface area contributed by atoms with Crippen LogP contribution in [-0.4, -0.2) is 41.2 Å². The third kappa shape index (κ3) is 2.93. The first kappa shape index (κ1) is 14.5. The molecule has 0 aliphatic carbocycles. The van der Waals surface area contributed by atoms with Gasteiger partial charge in [-0.2, -0.15) is 4.98 Å². The number of hydrogen-bond acceptors (Lipinski definition) is 6. The summed E-state index contributed by atoms with van der Waals surface area (Å²) in [6.45, 7) is 3.50. The van der Waals surface area contributed by atoms with Crippen molar-refractivity contribution in [3.8, 4) is 0 Å². The highest BCUT2D eigenvalue weighted by Gasteiger charge is 2.26. The van der Waals surface area contributed by atoms with E-state index in [1.807, 2.05) is 19.1 Å². The van der Waals surface area contributed by atoms with Gasteiger partial charge in [-0.3, -0.25) is 4.79 Å². The summed E-state index contributed by atoms with van der Waals surface area (Å²) < 4.78 is 5.30. The molecule has 1 saturated heterocycles. The molecule has 7 nitrogen and oxygen atoms in total. The molecule has 0 radical (unpaired) electrons. The zero-order valence-corrected chi connectivity index (χ0v) is 12.7. The standard InChI is InChI=1S/C15H19N5O2/c1-10-17-15(22-19-10)11-5-4-8-20(9-11)13-7-3-6-12(18-13)14(21)16-2/h3,6-7,11H,4-5,8-9H2,1-2H3,(H,16,21)/t11-/m0/s1. The number of nitrogens with one attached hydrogen (secondary N) is 1. The number of nitrogens with zero attached hydrogens (tertiary/aromatic N) is 4. The summed E-state index contributed by atoms with van der Waals surface area (Å²) >= 11 is 0. The second-order valence-corrected chi connectivity index (χ2v) is 5.43. The van der Waals surface area contributed by atoms with Crippen molar-refractivity contribution in [1.29, 1.82) is 0 Å². The van der Waals surface area contributed by atoms with Crippen LogP contribution in [0.4, 0.5) is 5.82 Å². The summed E-state index contributed by atoms with van der Waals surface area (Å²) in [7, 11) is 1.60. The van der Waals surface area contributed by atoms with E-state index in [0.29, 0.717) is 17.4 Å². The van der Waals surface area contributed by atoms with Gasteiger partial charge >= 0.3 is 0 Å². The van der Waals surface area contributed by atoms with Crippen molar-refractivity contribution in [2.24, 2.45) is 0 Å². The van der Waals surface area contributed by atoms with E-state index in [4.69, 9.17) is 4.52 Å². The van der Waals surface area contributed by atoms with Crippen molar-refractivity contribution in [1.82, 2.24) is 20.4 Å². The molecular formula is C15H19N5O2. The van der Waals surface area contributed by atoms with Gasteiger partial charge in [-0.15, -0.1) is 0 Å². The summed E-state index contributed by atoms with van der Waals surface area (Å²) in [5.41, 5.74) is 0.427. The molecule has 0 bridgehead atoms. The lowest BCUT2D eigenvalue weighted by molar-refractivity contribution is 0.0958. The largest absolute Gasteiger partial charge is 0.356 e. The predicted molar refractivity (Wildman–Crippen MR) is 80.9 cm³/mol.